The maximum Gasteiger partial charge on any atom is 0.101 e. The molecule has 0 radical (unpaired) electrons. The summed E-state index contributed by atoms with van der Waals surface area (Å²) in [7, 11) is 0. The van der Waals surface area contributed by atoms with E-state index in [9.17, 15) is 0 Å². The molecule has 0 spiro atoms. The number of halogens is 1. The lowest BCUT2D eigenvalue weighted by Crippen LogP contribution is -2.24. The lowest BCUT2D eigenvalue weighted by Gasteiger charge is -2.29. The molecule has 3 heteroatoms. The van der Waals surface area contributed by atoms with Crippen molar-refractivity contribution in [2.24, 2.45) is 11.8 Å². The smallest absolute Gasteiger partial charge is 0.101 e. The van der Waals surface area contributed by atoms with Crippen LogP contribution in [-0.2, 0) is 0 Å². The van der Waals surface area contributed by atoms with Crippen molar-refractivity contribution in [2.75, 3.05) is 11.9 Å². The molecule has 1 aliphatic rings. The number of nitrogens with one attached hydrogen (secondary N) is 1. The predicted octanol–water partition coefficient (Wildman–Crippen LogP) is 4.45. The molecule has 0 saturated heterocycles. The van der Waals surface area contributed by atoms with Gasteiger partial charge in [-0.05, 0) is 36.5 Å². The molecule has 0 heterocycles. The Kier molecular flexibility index (Phi) is 4.49. The molecule has 96 valence electrons. The Morgan fingerprint density at radius 1 is 1.39 bits per heavy atom. The number of nitriles is 1. The third-order valence-electron chi connectivity index (χ3n) is 3.95. The molecule has 1 N–H and O–H groups in total. The van der Waals surface area contributed by atoms with Crippen molar-refractivity contribution in [3.63, 3.8) is 0 Å². The first kappa shape index (κ1) is 13.2. The first-order valence-electron chi connectivity index (χ1n) is 6.64. The van der Waals surface area contributed by atoms with E-state index in [1.54, 1.807) is 12.1 Å². The van der Waals surface area contributed by atoms with Crippen LogP contribution in [0.1, 0.15) is 38.2 Å². The van der Waals surface area contributed by atoms with Crippen molar-refractivity contribution in [1.82, 2.24) is 0 Å². The Morgan fingerprint density at radius 2 is 2.17 bits per heavy atom. The minimum Gasteiger partial charge on any atom is -0.384 e. The highest BCUT2D eigenvalue weighted by atomic mass is 35.5. The van der Waals surface area contributed by atoms with Gasteiger partial charge in [0.2, 0.25) is 0 Å². The Hall–Kier alpha value is -1.20. The fourth-order valence-corrected chi connectivity index (χ4v) is 2.87. The van der Waals surface area contributed by atoms with E-state index in [0.29, 0.717) is 16.5 Å². The van der Waals surface area contributed by atoms with Gasteiger partial charge in [-0.3, -0.25) is 0 Å². The summed E-state index contributed by atoms with van der Waals surface area (Å²) in [6.45, 7) is 3.27. The van der Waals surface area contributed by atoms with Crippen molar-refractivity contribution in [3.05, 3.63) is 28.8 Å². The summed E-state index contributed by atoms with van der Waals surface area (Å²) in [5.74, 6) is 1.49. The second kappa shape index (κ2) is 6.11. The predicted molar refractivity (Wildman–Crippen MR) is 75.8 cm³/mol. The van der Waals surface area contributed by atoms with E-state index >= 15 is 0 Å². The molecule has 0 amide bonds. The molecule has 2 rings (SSSR count). The summed E-state index contributed by atoms with van der Waals surface area (Å²) in [5.41, 5.74) is 1.53. The van der Waals surface area contributed by atoms with Gasteiger partial charge in [-0.1, -0.05) is 37.8 Å². The van der Waals surface area contributed by atoms with Gasteiger partial charge in [-0.15, -0.1) is 0 Å². The van der Waals surface area contributed by atoms with Crippen LogP contribution in [0.4, 0.5) is 5.69 Å². The molecule has 1 aliphatic carbocycles. The van der Waals surface area contributed by atoms with E-state index in [1.807, 2.05) is 6.07 Å². The van der Waals surface area contributed by atoms with Crippen molar-refractivity contribution in [2.45, 2.75) is 32.6 Å². The van der Waals surface area contributed by atoms with Crippen molar-refractivity contribution in [1.29, 1.82) is 5.26 Å². The minimum atomic E-state index is 0.669. The molecule has 1 saturated carbocycles. The van der Waals surface area contributed by atoms with Crippen LogP contribution in [0, 0.1) is 23.2 Å². The van der Waals surface area contributed by atoms with Gasteiger partial charge >= 0.3 is 0 Å². The monoisotopic (exact) mass is 262 g/mol. The van der Waals surface area contributed by atoms with Gasteiger partial charge in [0.05, 0.1) is 11.3 Å². The fraction of sp³-hybridized carbons (Fsp3) is 0.533. The molecule has 1 aromatic carbocycles. The normalized spacial score (nSPS) is 23.4. The van der Waals surface area contributed by atoms with E-state index in [1.165, 1.54) is 25.7 Å². The zero-order valence-corrected chi connectivity index (χ0v) is 11.5. The van der Waals surface area contributed by atoms with Crippen LogP contribution in [0.3, 0.4) is 0 Å². The van der Waals surface area contributed by atoms with E-state index in [4.69, 9.17) is 16.9 Å². The number of hydrogen-bond acceptors (Lipinski definition) is 2. The Labute approximate surface area is 114 Å². The van der Waals surface area contributed by atoms with E-state index in [2.05, 4.69) is 18.3 Å². The van der Waals surface area contributed by atoms with Crippen LogP contribution in [0.5, 0.6) is 0 Å². The van der Waals surface area contributed by atoms with Crippen molar-refractivity contribution in [3.8, 4) is 6.07 Å². The molecule has 2 nitrogen and oxygen atoms in total. The number of hydrogen-bond donors (Lipinski definition) is 1. The average molecular weight is 263 g/mol. The molecule has 2 unspecified atom stereocenters. The number of benzene rings is 1. The summed E-state index contributed by atoms with van der Waals surface area (Å²) in [5, 5.41) is 13.1. The third kappa shape index (κ3) is 3.17. The average Bonchev–Trinajstić information content (AvgIpc) is 2.38. The van der Waals surface area contributed by atoms with Crippen molar-refractivity contribution >= 4 is 17.3 Å². The van der Waals surface area contributed by atoms with Gasteiger partial charge in [0.1, 0.15) is 6.07 Å². The summed E-state index contributed by atoms with van der Waals surface area (Å²) in [6, 6.07) is 7.57. The van der Waals surface area contributed by atoms with Crippen molar-refractivity contribution < 1.29 is 0 Å². The lowest BCUT2D eigenvalue weighted by molar-refractivity contribution is 0.268. The van der Waals surface area contributed by atoms with E-state index in [-0.39, 0.29) is 0 Å². The van der Waals surface area contributed by atoms with Crippen LogP contribution >= 0.6 is 11.6 Å². The molecule has 2 atom stereocenters. The van der Waals surface area contributed by atoms with Crippen LogP contribution in [0.2, 0.25) is 5.02 Å². The van der Waals surface area contributed by atoms with Gasteiger partial charge in [0.15, 0.2) is 0 Å². The van der Waals surface area contributed by atoms with E-state index in [0.717, 1.165) is 18.2 Å². The molecule has 18 heavy (non-hydrogen) atoms. The van der Waals surface area contributed by atoms with Gasteiger partial charge in [-0.25, -0.2) is 0 Å². The van der Waals surface area contributed by atoms with Crippen LogP contribution in [-0.4, -0.2) is 6.54 Å². The van der Waals surface area contributed by atoms with Crippen LogP contribution in [0.15, 0.2) is 18.2 Å². The Bertz CT molecular complexity index is 450. The zero-order chi connectivity index (χ0) is 13.0. The SMILES string of the molecule is CC1CCCCC1CNc1cc(Cl)ccc1C#N. The van der Waals surface area contributed by atoms with Gasteiger partial charge in [0, 0.05) is 11.6 Å². The third-order valence-corrected chi connectivity index (χ3v) is 4.18. The Morgan fingerprint density at radius 3 is 2.89 bits per heavy atom. The van der Waals surface area contributed by atoms with Crippen LogP contribution in [0.25, 0.3) is 0 Å². The first-order valence-corrected chi connectivity index (χ1v) is 7.02. The Balaban J connectivity index is 2.01. The number of rotatable bonds is 3. The summed E-state index contributed by atoms with van der Waals surface area (Å²) >= 11 is 5.97. The first-order chi connectivity index (χ1) is 8.70. The highest BCUT2D eigenvalue weighted by Gasteiger charge is 2.21. The summed E-state index contributed by atoms with van der Waals surface area (Å²) in [6.07, 6.45) is 5.30. The largest absolute Gasteiger partial charge is 0.384 e. The van der Waals surface area contributed by atoms with E-state index < -0.39 is 0 Å². The summed E-state index contributed by atoms with van der Waals surface area (Å²) in [4.78, 5) is 0. The molecular weight excluding hydrogens is 244 g/mol. The maximum absolute atomic E-state index is 9.07. The fourth-order valence-electron chi connectivity index (χ4n) is 2.70. The van der Waals surface area contributed by atoms with Gasteiger partial charge in [0.25, 0.3) is 0 Å². The number of nitrogens with zero attached hydrogens (tertiary/aromatic N) is 1. The van der Waals surface area contributed by atoms with Gasteiger partial charge in [-0.2, -0.15) is 5.26 Å². The highest BCUT2D eigenvalue weighted by Crippen LogP contribution is 2.30. The van der Waals surface area contributed by atoms with Gasteiger partial charge < -0.3 is 5.32 Å². The zero-order valence-electron chi connectivity index (χ0n) is 10.7. The quantitative estimate of drug-likeness (QED) is 0.874. The number of anilines is 1. The highest BCUT2D eigenvalue weighted by molar-refractivity contribution is 6.30. The standard InChI is InChI=1S/C15H19ClN2/c1-11-4-2-3-5-13(11)10-18-15-8-14(16)7-6-12(15)9-17/h6-8,11,13,18H,2-5,10H2,1H3. The molecule has 0 bridgehead atoms. The summed E-state index contributed by atoms with van der Waals surface area (Å²) < 4.78 is 0. The second-order valence-corrected chi connectivity index (χ2v) is 5.64. The molecule has 1 fully saturated rings. The van der Waals surface area contributed by atoms with Crippen LogP contribution < -0.4 is 5.32 Å². The second-order valence-electron chi connectivity index (χ2n) is 5.20. The maximum atomic E-state index is 9.07. The molecular formula is C15H19ClN2. The minimum absolute atomic E-state index is 0.669. The lowest BCUT2D eigenvalue weighted by atomic mass is 9.80. The molecule has 0 aliphatic heterocycles. The molecule has 0 aromatic heterocycles. The molecule has 1 aromatic rings. The topological polar surface area (TPSA) is 35.8 Å².